The Bertz CT molecular complexity index is 291. The smallest absolute Gasteiger partial charge is 0.0480 e. The van der Waals surface area contributed by atoms with Gasteiger partial charge in [0.2, 0.25) is 0 Å². The van der Waals surface area contributed by atoms with Crippen LogP contribution >= 0.6 is 0 Å². The Hall–Kier alpha value is -0.120. The van der Waals surface area contributed by atoms with Gasteiger partial charge in [-0.1, -0.05) is 26.7 Å². The lowest BCUT2D eigenvalue weighted by molar-refractivity contribution is 0.0145. The summed E-state index contributed by atoms with van der Waals surface area (Å²) in [6.07, 6.45) is 9.31. The van der Waals surface area contributed by atoms with Gasteiger partial charge >= 0.3 is 0 Å². The molecule has 2 atom stereocenters. The summed E-state index contributed by atoms with van der Waals surface area (Å²) in [5, 5.41) is 3.72. The molecule has 3 nitrogen and oxygen atoms in total. The van der Waals surface area contributed by atoms with Crippen molar-refractivity contribution in [3.8, 4) is 0 Å². The minimum absolute atomic E-state index is 0.500. The summed E-state index contributed by atoms with van der Waals surface area (Å²) in [5.41, 5.74) is 0.500. The van der Waals surface area contributed by atoms with Crippen LogP contribution in [-0.2, 0) is 4.74 Å². The second-order valence-electron chi connectivity index (χ2n) is 7.64. The molecule has 2 unspecified atom stereocenters. The lowest BCUT2D eigenvalue weighted by Crippen LogP contribution is -2.49. The second kappa shape index (κ2) is 8.50. The highest BCUT2D eigenvalue weighted by Gasteiger charge is 2.36. The average molecular weight is 296 g/mol. The minimum atomic E-state index is 0.500. The van der Waals surface area contributed by atoms with Crippen molar-refractivity contribution in [3.05, 3.63) is 0 Å². The summed E-state index contributed by atoms with van der Waals surface area (Å²) >= 11 is 0. The van der Waals surface area contributed by atoms with Gasteiger partial charge in [-0.25, -0.2) is 0 Å². The van der Waals surface area contributed by atoms with E-state index in [1.807, 2.05) is 0 Å². The van der Waals surface area contributed by atoms with Gasteiger partial charge in [-0.05, 0) is 57.0 Å². The van der Waals surface area contributed by atoms with Crippen molar-refractivity contribution >= 4 is 0 Å². The Kier molecular flexibility index (Phi) is 6.97. The Morgan fingerprint density at radius 2 is 2.00 bits per heavy atom. The van der Waals surface area contributed by atoms with Gasteiger partial charge in [0.15, 0.2) is 0 Å². The second-order valence-corrected chi connectivity index (χ2v) is 7.64. The molecule has 1 N–H and O–H groups in total. The standard InChI is InChI=1S/C18H36N2O/c1-4-10-19-14-18(9-5-6-16(2)13-18)15-20(3)17-7-11-21-12-8-17/h16-17,19H,4-15H2,1-3H3. The van der Waals surface area contributed by atoms with Gasteiger partial charge in [-0.3, -0.25) is 0 Å². The van der Waals surface area contributed by atoms with Crippen molar-refractivity contribution in [2.45, 2.75) is 64.8 Å². The first kappa shape index (κ1) is 17.2. The number of hydrogen-bond acceptors (Lipinski definition) is 3. The maximum Gasteiger partial charge on any atom is 0.0480 e. The molecule has 0 aromatic carbocycles. The molecule has 1 heterocycles. The molecular formula is C18H36N2O. The molecule has 1 aliphatic heterocycles. The number of rotatable bonds is 7. The maximum atomic E-state index is 5.52. The van der Waals surface area contributed by atoms with Crippen molar-refractivity contribution in [1.82, 2.24) is 10.2 Å². The zero-order valence-corrected chi connectivity index (χ0v) is 14.5. The van der Waals surface area contributed by atoms with E-state index in [1.165, 1.54) is 58.0 Å². The third-order valence-electron chi connectivity index (χ3n) is 5.51. The van der Waals surface area contributed by atoms with E-state index in [0.29, 0.717) is 5.41 Å². The fourth-order valence-electron chi connectivity index (χ4n) is 4.44. The summed E-state index contributed by atoms with van der Waals surface area (Å²) in [6, 6.07) is 0.735. The van der Waals surface area contributed by atoms with Crippen LogP contribution in [-0.4, -0.2) is 50.8 Å². The van der Waals surface area contributed by atoms with Gasteiger partial charge in [0.05, 0.1) is 0 Å². The summed E-state index contributed by atoms with van der Waals surface area (Å²) in [7, 11) is 2.34. The first-order chi connectivity index (χ1) is 10.2. The zero-order valence-electron chi connectivity index (χ0n) is 14.5. The number of nitrogens with zero attached hydrogens (tertiary/aromatic N) is 1. The minimum Gasteiger partial charge on any atom is -0.381 e. The molecule has 0 radical (unpaired) electrons. The molecule has 21 heavy (non-hydrogen) atoms. The van der Waals surface area contributed by atoms with Crippen LogP contribution in [0.15, 0.2) is 0 Å². The molecule has 2 aliphatic rings. The van der Waals surface area contributed by atoms with E-state index in [-0.39, 0.29) is 0 Å². The lowest BCUT2D eigenvalue weighted by atomic mass is 9.69. The van der Waals surface area contributed by atoms with Crippen molar-refractivity contribution in [2.24, 2.45) is 11.3 Å². The van der Waals surface area contributed by atoms with E-state index in [1.54, 1.807) is 0 Å². The predicted octanol–water partition coefficient (Wildman–Crippen LogP) is 3.29. The van der Waals surface area contributed by atoms with Gasteiger partial charge < -0.3 is 15.0 Å². The van der Waals surface area contributed by atoms with E-state index in [0.717, 1.165) is 31.7 Å². The van der Waals surface area contributed by atoms with Crippen LogP contribution in [0.3, 0.4) is 0 Å². The van der Waals surface area contributed by atoms with Crippen molar-refractivity contribution < 1.29 is 4.74 Å². The highest BCUT2D eigenvalue weighted by atomic mass is 16.5. The quantitative estimate of drug-likeness (QED) is 0.730. The Balaban J connectivity index is 1.93. The van der Waals surface area contributed by atoms with Gasteiger partial charge in [0.25, 0.3) is 0 Å². The number of nitrogens with one attached hydrogen (secondary N) is 1. The summed E-state index contributed by atoms with van der Waals surface area (Å²) < 4.78 is 5.52. The molecule has 0 aromatic heterocycles. The van der Waals surface area contributed by atoms with Crippen molar-refractivity contribution in [1.29, 1.82) is 0 Å². The van der Waals surface area contributed by atoms with E-state index in [4.69, 9.17) is 4.74 Å². The van der Waals surface area contributed by atoms with Gasteiger partial charge in [0.1, 0.15) is 0 Å². The molecular weight excluding hydrogens is 260 g/mol. The molecule has 0 bridgehead atoms. The third kappa shape index (κ3) is 5.22. The Morgan fingerprint density at radius 3 is 2.67 bits per heavy atom. The average Bonchev–Trinajstić information content (AvgIpc) is 2.48. The maximum absolute atomic E-state index is 5.52. The molecule has 0 aromatic rings. The fraction of sp³-hybridized carbons (Fsp3) is 1.00. The highest BCUT2D eigenvalue weighted by molar-refractivity contribution is 4.91. The van der Waals surface area contributed by atoms with Crippen LogP contribution in [0.5, 0.6) is 0 Å². The van der Waals surface area contributed by atoms with Gasteiger partial charge in [-0.2, -0.15) is 0 Å². The zero-order chi connectivity index (χ0) is 15.1. The highest BCUT2D eigenvalue weighted by Crippen LogP contribution is 2.40. The first-order valence-electron chi connectivity index (χ1n) is 9.14. The number of ether oxygens (including phenoxy) is 1. The van der Waals surface area contributed by atoms with Crippen molar-refractivity contribution in [2.75, 3.05) is 39.9 Å². The van der Waals surface area contributed by atoms with E-state index in [9.17, 15) is 0 Å². The summed E-state index contributed by atoms with van der Waals surface area (Å²) in [5.74, 6) is 0.894. The summed E-state index contributed by atoms with van der Waals surface area (Å²) in [6.45, 7) is 10.2. The van der Waals surface area contributed by atoms with E-state index in [2.05, 4.69) is 31.1 Å². The molecule has 0 amide bonds. The number of hydrogen-bond donors (Lipinski definition) is 1. The van der Waals surface area contributed by atoms with Crippen LogP contribution in [0, 0.1) is 11.3 Å². The monoisotopic (exact) mass is 296 g/mol. The van der Waals surface area contributed by atoms with Crippen LogP contribution in [0.1, 0.15) is 58.8 Å². The third-order valence-corrected chi connectivity index (χ3v) is 5.51. The van der Waals surface area contributed by atoms with Gasteiger partial charge in [-0.15, -0.1) is 0 Å². The SMILES string of the molecule is CCCNCC1(CN(C)C2CCOCC2)CCCC(C)C1. The normalized spacial score (nSPS) is 31.7. The molecule has 124 valence electrons. The Morgan fingerprint density at radius 1 is 1.24 bits per heavy atom. The fourth-order valence-corrected chi connectivity index (χ4v) is 4.44. The van der Waals surface area contributed by atoms with E-state index >= 15 is 0 Å². The van der Waals surface area contributed by atoms with Crippen LogP contribution in [0.25, 0.3) is 0 Å². The molecule has 1 aliphatic carbocycles. The lowest BCUT2D eigenvalue weighted by Gasteiger charge is -2.45. The topological polar surface area (TPSA) is 24.5 Å². The largest absolute Gasteiger partial charge is 0.381 e. The van der Waals surface area contributed by atoms with Crippen LogP contribution < -0.4 is 5.32 Å². The molecule has 1 saturated heterocycles. The molecule has 3 heteroatoms. The van der Waals surface area contributed by atoms with Crippen LogP contribution in [0.4, 0.5) is 0 Å². The molecule has 0 spiro atoms. The molecule has 2 rings (SSSR count). The Labute approximate surface area is 131 Å². The van der Waals surface area contributed by atoms with Crippen molar-refractivity contribution in [3.63, 3.8) is 0 Å². The summed E-state index contributed by atoms with van der Waals surface area (Å²) in [4.78, 5) is 2.65. The van der Waals surface area contributed by atoms with Gasteiger partial charge in [0, 0.05) is 32.3 Å². The molecule has 2 fully saturated rings. The predicted molar refractivity (Wildman–Crippen MR) is 89.7 cm³/mol. The molecule has 1 saturated carbocycles. The van der Waals surface area contributed by atoms with Crippen LogP contribution in [0.2, 0.25) is 0 Å². The first-order valence-corrected chi connectivity index (χ1v) is 9.14. The van der Waals surface area contributed by atoms with E-state index < -0.39 is 0 Å².